The molecule has 0 spiro atoms. The van der Waals surface area contributed by atoms with E-state index in [4.69, 9.17) is 16.3 Å². The molecule has 1 aliphatic heterocycles. The molecule has 1 aromatic rings. The Morgan fingerprint density at radius 3 is 2.51 bits per heavy atom. The predicted molar refractivity (Wildman–Crippen MR) is 140 cm³/mol. The number of thioether (sulfide) groups is 1. The van der Waals surface area contributed by atoms with Gasteiger partial charge in [-0.3, -0.25) is 9.78 Å². The van der Waals surface area contributed by atoms with Crippen molar-refractivity contribution in [1.82, 2.24) is 10.3 Å². The average molecular weight is 527 g/mol. The molecule has 0 aromatic carbocycles. The minimum absolute atomic E-state index is 0.169. The van der Waals surface area contributed by atoms with E-state index in [1.165, 1.54) is 56.5 Å². The molecule has 0 bridgehead atoms. The van der Waals surface area contributed by atoms with Crippen molar-refractivity contribution in [3.8, 4) is 11.8 Å². The van der Waals surface area contributed by atoms with Crippen LogP contribution in [0.2, 0.25) is 0 Å². The van der Waals surface area contributed by atoms with Crippen LogP contribution >= 0.6 is 23.4 Å². The van der Waals surface area contributed by atoms with Crippen LogP contribution in [0.3, 0.4) is 0 Å². The normalized spacial score (nSPS) is 25.9. The maximum atomic E-state index is 12.9. The molecule has 1 saturated heterocycles. The number of rotatable bonds is 12. The summed E-state index contributed by atoms with van der Waals surface area (Å²) in [6.07, 6.45) is 7.59. The van der Waals surface area contributed by atoms with Crippen molar-refractivity contribution >= 4 is 29.3 Å². The highest BCUT2D eigenvalue weighted by Gasteiger charge is 2.47. The molecule has 4 N–H and O–H groups in total. The standard InChI is InChI=1S/C26H39ClN2O5S/c1-4-5-6-7-8-9-10-11-12-13-18-14-15-28-19(16-18)25(33)29-20(17(2)27)24-22(31)21(30)23(32)26(34-24)35-3/h14-17,20-24,26,30-32H,4-11H2,1-3H3,(H,29,33)/t17-,20+,21-,22+,23+,24+,26+/m0/s1. The summed E-state index contributed by atoms with van der Waals surface area (Å²) in [5, 5.41) is 33.0. The number of halogens is 1. The lowest BCUT2D eigenvalue weighted by molar-refractivity contribution is -0.204. The fourth-order valence-corrected chi connectivity index (χ4v) is 4.90. The van der Waals surface area contributed by atoms with Crippen LogP contribution in [0.5, 0.6) is 0 Å². The SMILES string of the molecule is CCCCCCCCCC#Cc1ccnc(C(=O)N[C@@H]([C@H]2O[C@H](SC)[C@H](O)[C@@H](O)[C@H]2O)[C@H](C)Cl)c1. The van der Waals surface area contributed by atoms with Crippen molar-refractivity contribution in [1.29, 1.82) is 0 Å². The molecule has 0 saturated carbocycles. The summed E-state index contributed by atoms with van der Waals surface area (Å²) >= 11 is 7.53. The number of hydrogen-bond acceptors (Lipinski definition) is 7. The number of ether oxygens (including phenoxy) is 1. The smallest absolute Gasteiger partial charge is 0.270 e. The number of carbonyl (C=O) groups excluding carboxylic acids is 1. The van der Waals surface area contributed by atoms with E-state index in [1.54, 1.807) is 25.3 Å². The summed E-state index contributed by atoms with van der Waals surface area (Å²) in [4.78, 5) is 17.1. The summed E-state index contributed by atoms with van der Waals surface area (Å²) in [5.74, 6) is 5.78. The van der Waals surface area contributed by atoms with Crippen LogP contribution in [0.15, 0.2) is 18.3 Å². The van der Waals surface area contributed by atoms with Gasteiger partial charge in [0.1, 0.15) is 35.5 Å². The number of amides is 1. The fourth-order valence-electron chi connectivity index (χ4n) is 4.02. The van der Waals surface area contributed by atoms with Crippen LogP contribution in [0, 0.1) is 11.8 Å². The zero-order valence-corrected chi connectivity index (χ0v) is 22.4. The molecule has 7 atom stereocenters. The van der Waals surface area contributed by atoms with Gasteiger partial charge in [0.05, 0.1) is 11.4 Å². The van der Waals surface area contributed by atoms with E-state index in [0.717, 1.165) is 12.8 Å². The van der Waals surface area contributed by atoms with Crippen LogP contribution < -0.4 is 5.32 Å². The molecule has 1 aliphatic rings. The van der Waals surface area contributed by atoms with E-state index in [-0.39, 0.29) is 5.69 Å². The molecular formula is C26H39ClN2O5S. The zero-order chi connectivity index (χ0) is 25.8. The number of aromatic nitrogens is 1. The largest absolute Gasteiger partial charge is 0.388 e. The lowest BCUT2D eigenvalue weighted by atomic mass is 9.93. The fraction of sp³-hybridized carbons (Fsp3) is 0.692. The Labute approximate surface area is 218 Å². The van der Waals surface area contributed by atoms with E-state index < -0.39 is 47.2 Å². The highest BCUT2D eigenvalue weighted by atomic mass is 35.5. The van der Waals surface area contributed by atoms with Gasteiger partial charge in [0.15, 0.2) is 0 Å². The Bertz CT molecular complexity index is 845. The van der Waals surface area contributed by atoms with E-state index in [9.17, 15) is 20.1 Å². The molecule has 0 unspecified atom stereocenters. The van der Waals surface area contributed by atoms with Gasteiger partial charge in [-0.2, -0.15) is 0 Å². The monoisotopic (exact) mass is 526 g/mol. The van der Waals surface area contributed by atoms with Gasteiger partial charge in [0.25, 0.3) is 5.91 Å². The number of nitrogens with zero attached hydrogens (tertiary/aromatic N) is 1. The predicted octanol–water partition coefficient (Wildman–Crippen LogP) is 3.47. The van der Waals surface area contributed by atoms with Gasteiger partial charge in [-0.25, -0.2) is 0 Å². The van der Waals surface area contributed by atoms with Gasteiger partial charge in [-0.05, 0) is 31.7 Å². The maximum absolute atomic E-state index is 12.9. The first-order chi connectivity index (χ1) is 16.8. The Morgan fingerprint density at radius 1 is 1.17 bits per heavy atom. The number of pyridine rings is 1. The van der Waals surface area contributed by atoms with Crippen LogP contribution in [-0.4, -0.2) is 73.7 Å². The number of carbonyl (C=O) groups is 1. The topological polar surface area (TPSA) is 112 Å². The molecular weight excluding hydrogens is 488 g/mol. The molecule has 9 heteroatoms. The molecule has 7 nitrogen and oxygen atoms in total. The summed E-state index contributed by atoms with van der Waals surface area (Å²) < 4.78 is 5.79. The van der Waals surface area contributed by atoms with Gasteiger partial charge >= 0.3 is 0 Å². The minimum Gasteiger partial charge on any atom is -0.388 e. The average Bonchev–Trinajstić information content (AvgIpc) is 2.85. The first-order valence-corrected chi connectivity index (χ1v) is 14.1. The number of alkyl halides is 1. The molecule has 0 radical (unpaired) electrons. The third-order valence-electron chi connectivity index (χ3n) is 6.12. The number of hydrogen-bond donors (Lipinski definition) is 4. The summed E-state index contributed by atoms with van der Waals surface area (Å²) in [7, 11) is 0. The third kappa shape index (κ3) is 9.23. The molecule has 1 fully saturated rings. The number of aliphatic hydroxyl groups excluding tert-OH is 3. The van der Waals surface area contributed by atoms with Gasteiger partial charge in [-0.1, -0.05) is 57.3 Å². The van der Waals surface area contributed by atoms with E-state index >= 15 is 0 Å². The highest BCUT2D eigenvalue weighted by Crippen LogP contribution is 2.30. The molecule has 1 amide bonds. The molecule has 2 heterocycles. The lowest BCUT2D eigenvalue weighted by Crippen LogP contribution is -2.64. The molecule has 2 rings (SSSR count). The van der Waals surface area contributed by atoms with Gasteiger partial charge < -0.3 is 25.4 Å². The number of aliphatic hydroxyl groups is 3. The Balaban J connectivity index is 1.97. The minimum atomic E-state index is -1.42. The van der Waals surface area contributed by atoms with Crippen molar-refractivity contribution in [3.05, 3.63) is 29.6 Å². The Hall–Kier alpha value is -1.34. The second-order valence-corrected chi connectivity index (χ2v) is 10.6. The quantitative estimate of drug-likeness (QED) is 0.187. The highest BCUT2D eigenvalue weighted by molar-refractivity contribution is 7.99. The van der Waals surface area contributed by atoms with Gasteiger partial charge in [0, 0.05) is 18.2 Å². The first-order valence-electron chi connectivity index (χ1n) is 12.4. The van der Waals surface area contributed by atoms with Crippen molar-refractivity contribution in [3.63, 3.8) is 0 Å². The number of unbranched alkanes of at least 4 members (excludes halogenated alkanes) is 7. The molecule has 35 heavy (non-hydrogen) atoms. The van der Waals surface area contributed by atoms with Gasteiger partial charge in [0.2, 0.25) is 0 Å². The first kappa shape index (κ1) is 29.9. The molecule has 1 aromatic heterocycles. The summed E-state index contributed by atoms with van der Waals surface area (Å²) in [6.45, 7) is 3.88. The van der Waals surface area contributed by atoms with Crippen molar-refractivity contribution < 1.29 is 24.9 Å². The zero-order valence-electron chi connectivity index (χ0n) is 20.8. The van der Waals surface area contributed by atoms with Gasteiger partial charge in [-0.15, -0.1) is 23.4 Å². The van der Waals surface area contributed by atoms with E-state index in [2.05, 4.69) is 29.1 Å². The third-order valence-corrected chi connectivity index (χ3v) is 7.24. The summed E-state index contributed by atoms with van der Waals surface area (Å²) in [6, 6.07) is 2.54. The van der Waals surface area contributed by atoms with Crippen molar-refractivity contribution in [2.24, 2.45) is 0 Å². The van der Waals surface area contributed by atoms with E-state index in [1.807, 2.05) is 0 Å². The second kappa shape index (κ2) is 15.7. The van der Waals surface area contributed by atoms with Crippen LogP contribution in [0.25, 0.3) is 0 Å². The summed E-state index contributed by atoms with van der Waals surface area (Å²) in [5.41, 5.74) is 0.0992. The van der Waals surface area contributed by atoms with Crippen molar-refractivity contribution in [2.75, 3.05) is 6.26 Å². The second-order valence-electron chi connectivity index (χ2n) is 8.96. The van der Waals surface area contributed by atoms with Crippen LogP contribution in [0.1, 0.15) is 81.3 Å². The van der Waals surface area contributed by atoms with Crippen molar-refractivity contribution in [2.45, 2.75) is 106 Å². The Kier molecular flexibility index (Phi) is 13.4. The maximum Gasteiger partial charge on any atom is 0.270 e. The Morgan fingerprint density at radius 2 is 1.86 bits per heavy atom. The molecule has 0 aliphatic carbocycles. The van der Waals surface area contributed by atoms with Crippen LogP contribution in [0.4, 0.5) is 0 Å². The lowest BCUT2D eigenvalue weighted by Gasteiger charge is -2.43. The molecule has 196 valence electrons. The number of nitrogens with one attached hydrogen (secondary N) is 1. The van der Waals surface area contributed by atoms with E-state index in [0.29, 0.717) is 5.56 Å². The van der Waals surface area contributed by atoms with Crippen LogP contribution in [-0.2, 0) is 4.74 Å².